The van der Waals surface area contributed by atoms with Crippen molar-refractivity contribution in [2.24, 2.45) is 0 Å². The van der Waals surface area contributed by atoms with Gasteiger partial charge in [0.1, 0.15) is 0 Å². The summed E-state index contributed by atoms with van der Waals surface area (Å²) in [5.41, 5.74) is 5.03. The number of para-hydroxylation sites is 1. The minimum absolute atomic E-state index is 0.0125. The van der Waals surface area contributed by atoms with Crippen molar-refractivity contribution in [1.29, 1.82) is 0 Å². The van der Waals surface area contributed by atoms with E-state index in [9.17, 15) is 4.79 Å². The molecule has 0 fully saturated rings. The Labute approximate surface area is 119 Å². The molecule has 0 atom stereocenters. The molecule has 0 aliphatic carbocycles. The Morgan fingerprint density at radius 3 is 2.45 bits per heavy atom. The molecule has 0 bridgehead atoms. The third-order valence-corrected chi connectivity index (χ3v) is 3.60. The van der Waals surface area contributed by atoms with Gasteiger partial charge in [0.25, 0.3) is 5.91 Å². The Hall–Kier alpha value is -2.35. The number of allylic oxidation sites excluding steroid dienone is 1. The van der Waals surface area contributed by atoms with Crippen molar-refractivity contribution in [2.75, 3.05) is 5.32 Å². The monoisotopic (exact) mass is 263 g/mol. The number of rotatable bonds is 3. The molecule has 2 heteroatoms. The first-order chi connectivity index (χ1) is 9.81. The van der Waals surface area contributed by atoms with Crippen molar-refractivity contribution in [3.05, 3.63) is 65.7 Å². The number of anilines is 1. The van der Waals surface area contributed by atoms with Crippen LogP contribution in [-0.2, 0) is 4.79 Å². The Bertz CT molecular complexity index is 671. The van der Waals surface area contributed by atoms with E-state index >= 15 is 0 Å². The minimum atomic E-state index is 0.0125. The standard InChI is InChI=1S/C18H17NO/c1-2-8-14(13-9-4-3-5-10-13)17-15-11-6-7-12-16(15)19-18(17)20/h3-7,9-12H,2,8H2,1H3,(H,19,20)/b17-14-. The van der Waals surface area contributed by atoms with E-state index in [2.05, 4.69) is 24.4 Å². The average Bonchev–Trinajstić information content (AvgIpc) is 2.82. The number of carbonyl (C=O) groups excluding carboxylic acids is 1. The number of carbonyl (C=O) groups is 1. The molecule has 3 rings (SSSR count). The van der Waals surface area contributed by atoms with E-state index in [1.807, 2.05) is 42.5 Å². The van der Waals surface area contributed by atoms with Crippen molar-refractivity contribution in [3.63, 3.8) is 0 Å². The maximum Gasteiger partial charge on any atom is 0.256 e. The fraction of sp³-hybridized carbons (Fsp3) is 0.167. The van der Waals surface area contributed by atoms with Crippen molar-refractivity contribution in [3.8, 4) is 0 Å². The molecular formula is C18H17NO. The number of hydrogen-bond acceptors (Lipinski definition) is 1. The first-order valence-electron chi connectivity index (χ1n) is 7.00. The summed E-state index contributed by atoms with van der Waals surface area (Å²) >= 11 is 0. The van der Waals surface area contributed by atoms with E-state index in [4.69, 9.17) is 0 Å². The van der Waals surface area contributed by atoms with Gasteiger partial charge >= 0.3 is 0 Å². The number of fused-ring (bicyclic) bond motifs is 1. The molecule has 1 amide bonds. The van der Waals surface area contributed by atoms with Gasteiger partial charge in [0.2, 0.25) is 0 Å². The van der Waals surface area contributed by atoms with Gasteiger partial charge < -0.3 is 5.32 Å². The molecule has 2 aromatic rings. The van der Waals surface area contributed by atoms with Gasteiger partial charge in [0.05, 0.1) is 5.57 Å². The summed E-state index contributed by atoms with van der Waals surface area (Å²) in [6, 6.07) is 18.1. The Kier molecular flexibility index (Phi) is 3.38. The van der Waals surface area contributed by atoms with E-state index in [1.54, 1.807) is 0 Å². The van der Waals surface area contributed by atoms with Crippen LogP contribution in [0.25, 0.3) is 11.1 Å². The highest BCUT2D eigenvalue weighted by atomic mass is 16.2. The van der Waals surface area contributed by atoms with E-state index in [1.165, 1.54) is 0 Å². The first-order valence-corrected chi connectivity index (χ1v) is 7.00. The summed E-state index contributed by atoms with van der Waals surface area (Å²) in [6.45, 7) is 2.14. The fourth-order valence-corrected chi connectivity index (χ4v) is 2.72. The summed E-state index contributed by atoms with van der Waals surface area (Å²) in [5.74, 6) is 0.0125. The maximum atomic E-state index is 12.4. The molecule has 1 N–H and O–H groups in total. The highest BCUT2D eigenvalue weighted by Crippen LogP contribution is 2.38. The number of benzene rings is 2. The lowest BCUT2D eigenvalue weighted by molar-refractivity contribution is -0.110. The molecule has 0 spiro atoms. The van der Waals surface area contributed by atoms with Gasteiger partial charge in [0, 0.05) is 11.3 Å². The quantitative estimate of drug-likeness (QED) is 0.819. The largest absolute Gasteiger partial charge is 0.321 e. The van der Waals surface area contributed by atoms with E-state index in [0.717, 1.165) is 40.8 Å². The molecule has 1 aliphatic heterocycles. The molecular weight excluding hydrogens is 246 g/mol. The summed E-state index contributed by atoms with van der Waals surface area (Å²) in [6.07, 6.45) is 1.92. The van der Waals surface area contributed by atoms with Gasteiger partial charge in [-0.1, -0.05) is 61.9 Å². The van der Waals surface area contributed by atoms with Crippen LogP contribution in [0.5, 0.6) is 0 Å². The first kappa shape index (κ1) is 12.7. The topological polar surface area (TPSA) is 29.1 Å². The Morgan fingerprint density at radius 2 is 1.70 bits per heavy atom. The SMILES string of the molecule is CCC/C(=C1/C(=O)Nc2ccccc21)c1ccccc1. The average molecular weight is 263 g/mol. The van der Waals surface area contributed by atoms with Crippen molar-refractivity contribution >= 4 is 22.7 Å². The molecule has 1 aliphatic rings. The molecule has 0 aromatic heterocycles. The highest BCUT2D eigenvalue weighted by molar-refractivity contribution is 6.36. The molecule has 0 saturated carbocycles. The second-order valence-electron chi connectivity index (χ2n) is 4.97. The van der Waals surface area contributed by atoms with Gasteiger partial charge in [0.15, 0.2) is 0 Å². The molecule has 2 nitrogen and oxygen atoms in total. The highest BCUT2D eigenvalue weighted by Gasteiger charge is 2.26. The van der Waals surface area contributed by atoms with Crippen LogP contribution >= 0.6 is 0 Å². The zero-order valence-electron chi connectivity index (χ0n) is 11.5. The lowest BCUT2D eigenvalue weighted by Gasteiger charge is -2.10. The van der Waals surface area contributed by atoms with Crippen LogP contribution in [0.1, 0.15) is 30.9 Å². The second-order valence-corrected chi connectivity index (χ2v) is 4.97. The normalized spacial score (nSPS) is 15.8. The van der Waals surface area contributed by atoms with Gasteiger partial charge in [-0.25, -0.2) is 0 Å². The molecule has 0 saturated heterocycles. The lowest BCUT2D eigenvalue weighted by atomic mass is 9.92. The van der Waals surface area contributed by atoms with Gasteiger partial charge in [-0.15, -0.1) is 0 Å². The Balaban J connectivity index is 2.21. The van der Waals surface area contributed by atoms with Gasteiger partial charge in [-0.3, -0.25) is 4.79 Å². The predicted molar refractivity (Wildman–Crippen MR) is 83.2 cm³/mol. The minimum Gasteiger partial charge on any atom is -0.321 e. The number of amides is 1. The van der Waals surface area contributed by atoms with E-state index in [-0.39, 0.29) is 5.91 Å². The molecule has 100 valence electrons. The van der Waals surface area contributed by atoms with E-state index < -0.39 is 0 Å². The van der Waals surface area contributed by atoms with Crippen LogP contribution in [0, 0.1) is 0 Å². The second kappa shape index (κ2) is 5.33. The Morgan fingerprint density at radius 1 is 1.00 bits per heavy atom. The van der Waals surface area contributed by atoms with E-state index in [0.29, 0.717) is 0 Å². The van der Waals surface area contributed by atoms with Crippen LogP contribution < -0.4 is 5.32 Å². The lowest BCUT2D eigenvalue weighted by Crippen LogP contribution is -2.06. The maximum absolute atomic E-state index is 12.4. The molecule has 0 unspecified atom stereocenters. The van der Waals surface area contributed by atoms with Crippen LogP contribution in [0.4, 0.5) is 5.69 Å². The molecule has 20 heavy (non-hydrogen) atoms. The molecule has 0 radical (unpaired) electrons. The number of hydrogen-bond donors (Lipinski definition) is 1. The van der Waals surface area contributed by atoms with Crippen molar-refractivity contribution < 1.29 is 4.79 Å². The zero-order chi connectivity index (χ0) is 13.9. The van der Waals surface area contributed by atoms with Crippen molar-refractivity contribution in [1.82, 2.24) is 0 Å². The van der Waals surface area contributed by atoms with Crippen LogP contribution in [0.2, 0.25) is 0 Å². The van der Waals surface area contributed by atoms with Gasteiger partial charge in [-0.05, 0) is 23.6 Å². The molecule has 2 aromatic carbocycles. The third-order valence-electron chi connectivity index (χ3n) is 3.60. The summed E-state index contributed by atoms with van der Waals surface area (Å²) in [5, 5.41) is 2.96. The van der Waals surface area contributed by atoms with Crippen LogP contribution in [0.3, 0.4) is 0 Å². The summed E-state index contributed by atoms with van der Waals surface area (Å²) in [7, 11) is 0. The zero-order valence-corrected chi connectivity index (χ0v) is 11.5. The fourth-order valence-electron chi connectivity index (χ4n) is 2.72. The van der Waals surface area contributed by atoms with Gasteiger partial charge in [-0.2, -0.15) is 0 Å². The molecule has 1 heterocycles. The predicted octanol–water partition coefficient (Wildman–Crippen LogP) is 4.35. The van der Waals surface area contributed by atoms with Crippen LogP contribution in [0.15, 0.2) is 54.6 Å². The number of nitrogens with one attached hydrogen (secondary N) is 1. The third kappa shape index (κ3) is 2.14. The smallest absolute Gasteiger partial charge is 0.256 e. The van der Waals surface area contributed by atoms with Crippen molar-refractivity contribution in [2.45, 2.75) is 19.8 Å². The summed E-state index contributed by atoms with van der Waals surface area (Å²) < 4.78 is 0. The summed E-state index contributed by atoms with van der Waals surface area (Å²) in [4.78, 5) is 12.4. The van der Waals surface area contributed by atoms with Crippen LogP contribution in [-0.4, -0.2) is 5.91 Å².